The van der Waals surface area contributed by atoms with E-state index in [2.05, 4.69) is 15.2 Å². The fourth-order valence-electron chi connectivity index (χ4n) is 2.47. The van der Waals surface area contributed by atoms with Crippen molar-refractivity contribution < 1.29 is 14.3 Å². The monoisotopic (exact) mass is 281 g/mol. The number of aromatic nitrogens is 1. The molecule has 6 heteroatoms. The van der Waals surface area contributed by atoms with E-state index in [0.717, 1.165) is 38.7 Å². The SMILES string of the molecule is O=C(NCCN1CCCC(CO)C1)c1cncc(F)c1. The Bertz CT molecular complexity index is 456. The predicted molar refractivity (Wildman–Crippen MR) is 72.8 cm³/mol. The molecule has 0 saturated carbocycles. The zero-order valence-electron chi connectivity index (χ0n) is 11.4. The summed E-state index contributed by atoms with van der Waals surface area (Å²) in [6, 6.07) is 1.17. The molecule has 0 spiro atoms. The maximum atomic E-state index is 12.9. The first-order chi connectivity index (χ1) is 9.69. The van der Waals surface area contributed by atoms with Gasteiger partial charge in [0.25, 0.3) is 5.91 Å². The summed E-state index contributed by atoms with van der Waals surface area (Å²) in [5.41, 5.74) is 0.233. The average molecular weight is 281 g/mol. The van der Waals surface area contributed by atoms with Crippen molar-refractivity contribution in [2.24, 2.45) is 5.92 Å². The number of nitrogens with one attached hydrogen (secondary N) is 1. The number of pyridine rings is 1. The smallest absolute Gasteiger partial charge is 0.252 e. The van der Waals surface area contributed by atoms with Crippen LogP contribution < -0.4 is 5.32 Å². The van der Waals surface area contributed by atoms with Crippen molar-refractivity contribution in [1.82, 2.24) is 15.2 Å². The lowest BCUT2D eigenvalue weighted by atomic mass is 9.99. The predicted octanol–water partition coefficient (Wildman–Crippen LogP) is 0.655. The van der Waals surface area contributed by atoms with Crippen LogP contribution in [0.4, 0.5) is 4.39 Å². The summed E-state index contributed by atoms with van der Waals surface area (Å²) in [6.07, 6.45) is 4.56. The van der Waals surface area contributed by atoms with Gasteiger partial charge in [0.1, 0.15) is 5.82 Å². The van der Waals surface area contributed by atoms with E-state index in [0.29, 0.717) is 12.5 Å². The number of carbonyl (C=O) groups is 1. The normalized spacial score (nSPS) is 19.8. The number of piperidine rings is 1. The number of rotatable bonds is 5. The standard InChI is InChI=1S/C14H20FN3O2/c15-13-6-12(7-16-8-13)14(20)17-3-5-18-4-1-2-11(9-18)10-19/h6-8,11,19H,1-5,9-10H2,(H,17,20). The molecule has 1 aliphatic heterocycles. The van der Waals surface area contributed by atoms with Crippen molar-refractivity contribution in [3.8, 4) is 0 Å². The molecular formula is C14H20FN3O2. The molecule has 2 heterocycles. The Hall–Kier alpha value is -1.53. The van der Waals surface area contributed by atoms with Gasteiger partial charge in [-0.25, -0.2) is 4.39 Å². The first-order valence-electron chi connectivity index (χ1n) is 6.91. The number of hydrogen-bond donors (Lipinski definition) is 2. The van der Waals surface area contributed by atoms with E-state index >= 15 is 0 Å². The zero-order valence-corrected chi connectivity index (χ0v) is 11.4. The van der Waals surface area contributed by atoms with Gasteiger partial charge in [0.05, 0.1) is 11.8 Å². The van der Waals surface area contributed by atoms with Gasteiger partial charge in [0, 0.05) is 32.4 Å². The van der Waals surface area contributed by atoms with E-state index < -0.39 is 5.82 Å². The highest BCUT2D eigenvalue weighted by atomic mass is 19.1. The van der Waals surface area contributed by atoms with E-state index in [-0.39, 0.29) is 18.1 Å². The van der Waals surface area contributed by atoms with Crippen molar-refractivity contribution in [3.05, 3.63) is 29.8 Å². The van der Waals surface area contributed by atoms with Crippen LogP contribution in [0.5, 0.6) is 0 Å². The molecule has 2 rings (SSSR count). The number of aliphatic hydroxyl groups excluding tert-OH is 1. The van der Waals surface area contributed by atoms with Crippen molar-refractivity contribution >= 4 is 5.91 Å². The number of likely N-dealkylation sites (tertiary alicyclic amines) is 1. The van der Waals surface area contributed by atoms with Gasteiger partial charge < -0.3 is 15.3 Å². The third-order valence-corrected chi connectivity index (χ3v) is 3.54. The van der Waals surface area contributed by atoms with Crippen LogP contribution in [-0.2, 0) is 0 Å². The molecule has 1 aliphatic rings. The summed E-state index contributed by atoms with van der Waals surface area (Å²) in [5, 5.41) is 11.9. The maximum absolute atomic E-state index is 12.9. The quantitative estimate of drug-likeness (QED) is 0.832. The topological polar surface area (TPSA) is 65.5 Å². The molecule has 1 fully saturated rings. The first kappa shape index (κ1) is 14.9. The number of aliphatic hydroxyl groups is 1. The van der Waals surface area contributed by atoms with Crippen LogP contribution in [0.25, 0.3) is 0 Å². The summed E-state index contributed by atoms with van der Waals surface area (Å²) in [5.74, 6) is -0.487. The van der Waals surface area contributed by atoms with Crippen LogP contribution >= 0.6 is 0 Å². The Balaban J connectivity index is 1.74. The van der Waals surface area contributed by atoms with Crippen molar-refractivity contribution in [2.75, 3.05) is 32.8 Å². The van der Waals surface area contributed by atoms with Gasteiger partial charge in [-0.05, 0) is 31.4 Å². The second-order valence-corrected chi connectivity index (χ2v) is 5.14. The van der Waals surface area contributed by atoms with E-state index in [9.17, 15) is 9.18 Å². The Kier molecular flexibility index (Phi) is 5.43. The molecule has 1 saturated heterocycles. The molecule has 110 valence electrons. The van der Waals surface area contributed by atoms with Gasteiger partial charge in [-0.15, -0.1) is 0 Å². The third-order valence-electron chi connectivity index (χ3n) is 3.54. The summed E-state index contributed by atoms with van der Waals surface area (Å²) < 4.78 is 12.9. The number of halogens is 1. The molecule has 0 radical (unpaired) electrons. The Morgan fingerprint density at radius 3 is 3.15 bits per heavy atom. The third kappa shape index (κ3) is 4.25. The number of carbonyl (C=O) groups excluding carboxylic acids is 1. The van der Waals surface area contributed by atoms with Crippen LogP contribution in [0.2, 0.25) is 0 Å². The highest BCUT2D eigenvalue weighted by molar-refractivity contribution is 5.93. The van der Waals surface area contributed by atoms with Crippen LogP contribution in [0.3, 0.4) is 0 Å². The minimum absolute atomic E-state index is 0.220. The molecule has 0 aliphatic carbocycles. The molecule has 1 aromatic heterocycles. The van der Waals surface area contributed by atoms with Gasteiger partial charge in [-0.1, -0.05) is 0 Å². The number of hydrogen-bond acceptors (Lipinski definition) is 4. The molecule has 1 atom stereocenters. The molecule has 2 N–H and O–H groups in total. The number of amides is 1. The largest absolute Gasteiger partial charge is 0.396 e. The van der Waals surface area contributed by atoms with Crippen LogP contribution in [0, 0.1) is 11.7 Å². The molecule has 1 aromatic rings. The molecule has 5 nitrogen and oxygen atoms in total. The van der Waals surface area contributed by atoms with E-state index in [4.69, 9.17) is 5.11 Å². The Morgan fingerprint density at radius 1 is 1.55 bits per heavy atom. The molecular weight excluding hydrogens is 261 g/mol. The molecule has 0 bridgehead atoms. The van der Waals surface area contributed by atoms with E-state index in [1.54, 1.807) is 0 Å². The van der Waals surface area contributed by atoms with Gasteiger partial charge >= 0.3 is 0 Å². The Morgan fingerprint density at radius 2 is 2.40 bits per heavy atom. The van der Waals surface area contributed by atoms with Gasteiger partial charge in [-0.3, -0.25) is 9.78 Å². The minimum atomic E-state index is -0.514. The van der Waals surface area contributed by atoms with Gasteiger partial charge in [0.15, 0.2) is 0 Å². The molecule has 20 heavy (non-hydrogen) atoms. The zero-order chi connectivity index (χ0) is 14.4. The fourth-order valence-corrected chi connectivity index (χ4v) is 2.47. The van der Waals surface area contributed by atoms with E-state index in [1.807, 2.05) is 0 Å². The first-order valence-corrected chi connectivity index (χ1v) is 6.91. The second kappa shape index (κ2) is 7.31. The second-order valence-electron chi connectivity index (χ2n) is 5.14. The van der Waals surface area contributed by atoms with Crippen molar-refractivity contribution in [3.63, 3.8) is 0 Å². The molecule has 1 amide bonds. The van der Waals surface area contributed by atoms with Crippen molar-refractivity contribution in [1.29, 1.82) is 0 Å². The minimum Gasteiger partial charge on any atom is -0.396 e. The maximum Gasteiger partial charge on any atom is 0.252 e. The molecule has 0 aromatic carbocycles. The van der Waals surface area contributed by atoms with Crippen LogP contribution in [0.1, 0.15) is 23.2 Å². The average Bonchev–Trinajstić information content (AvgIpc) is 2.47. The summed E-state index contributed by atoms with van der Waals surface area (Å²) in [4.78, 5) is 17.7. The summed E-state index contributed by atoms with van der Waals surface area (Å²) in [6.45, 7) is 3.33. The molecule has 1 unspecified atom stereocenters. The summed E-state index contributed by atoms with van der Waals surface area (Å²) in [7, 11) is 0. The lowest BCUT2D eigenvalue weighted by Crippen LogP contribution is -2.41. The Labute approximate surface area is 117 Å². The highest BCUT2D eigenvalue weighted by Gasteiger charge is 2.18. The van der Waals surface area contributed by atoms with Crippen LogP contribution in [0.15, 0.2) is 18.5 Å². The fraction of sp³-hybridized carbons (Fsp3) is 0.571. The van der Waals surface area contributed by atoms with E-state index in [1.165, 1.54) is 12.3 Å². The van der Waals surface area contributed by atoms with Crippen LogP contribution in [-0.4, -0.2) is 53.7 Å². The lowest BCUT2D eigenvalue weighted by molar-refractivity contribution is 0.0930. The number of nitrogens with zero attached hydrogens (tertiary/aromatic N) is 2. The van der Waals surface area contributed by atoms with Crippen molar-refractivity contribution in [2.45, 2.75) is 12.8 Å². The lowest BCUT2D eigenvalue weighted by Gasteiger charge is -2.31. The summed E-state index contributed by atoms with van der Waals surface area (Å²) >= 11 is 0. The van der Waals surface area contributed by atoms with Gasteiger partial charge in [0.2, 0.25) is 0 Å². The van der Waals surface area contributed by atoms with Gasteiger partial charge in [-0.2, -0.15) is 0 Å². The highest BCUT2D eigenvalue weighted by Crippen LogP contribution is 2.14.